The minimum atomic E-state index is -0.392. The van der Waals surface area contributed by atoms with Crippen LogP contribution in [0.15, 0.2) is 54.6 Å². The highest BCUT2D eigenvalue weighted by Gasteiger charge is 2.18. The lowest BCUT2D eigenvalue weighted by molar-refractivity contribution is 0.0911. The molecule has 3 rings (SSSR count). The van der Waals surface area contributed by atoms with Crippen molar-refractivity contribution in [2.45, 2.75) is 12.5 Å². The summed E-state index contributed by atoms with van der Waals surface area (Å²) in [5.74, 6) is 0.928. The van der Waals surface area contributed by atoms with Gasteiger partial charge in [0.2, 0.25) is 0 Å². The van der Waals surface area contributed by atoms with E-state index in [0.717, 1.165) is 11.1 Å². The normalized spacial score (nSPS) is 11.7. The van der Waals surface area contributed by atoms with Crippen LogP contribution in [0.25, 0.3) is 11.3 Å². The lowest BCUT2D eigenvalue weighted by Gasteiger charge is -2.15. The molecule has 7 nitrogen and oxygen atoms in total. The van der Waals surface area contributed by atoms with E-state index in [1.54, 1.807) is 32.4 Å². The molecular formula is C21H23N3O4. The van der Waals surface area contributed by atoms with Crippen LogP contribution in [0.4, 0.5) is 0 Å². The zero-order valence-electron chi connectivity index (χ0n) is 15.8. The second-order valence-corrected chi connectivity index (χ2v) is 6.28. The molecule has 0 saturated heterocycles. The molecule has 2 aromatic carbocycles. The number of hydrogen-bond donors (Lipinski definition) is 3. The Balaban J connectivity index is 1.73. The van der Waals surface area contributed by atoms with E-state index in [2.05, 4.69) is 15.5 Å². The summed E-state index contributed by atoms with van der Waals surface area (Å²) in [6, 6.07) is 16.3. The predicted molar refractivity (Wildman–Crippen MR) is 106 cm³/mol. The van der Waals surface area contributed by atoms with Crippen LogP contribution in [0.2, 0.25) is 0 Å². The summed E-state index contributed by atoms with van der Waals surface area (Å²) in [4.78, 5) is 12.6. The first-order valence-electron chi connectivity index (χ1n) is 8.88. The van der Waals surface area contributed by atoms with Crippen LogP contribution in [0.1, 0.15) is 16.1 Å². The Kier molecular flexibility index (Phi) is 6.29. The maximum absolute atomic E-state index is 12.6. The quantitative estimate of drug-likeness (QED) is 0.557. The van der Waals surface area contributed by atoms with Gasteiger partial charge in [-0.05, 0) is 30.2 Å². The van der Waals surface area contributed by atoms with Crippen molar-refractivity contribution < 1.29 is 19.4 Å². The van der Waals surface area contributed by atoms with Crippen molar-refractivity contribution >= 4 is 5.91 Å². The monoisotopic (exact) mass is 381 g/mol. The maximum Gasteiger partial charge on any atom is 0.269 e. The standard InChI is InChI=1S/C21H23N3O4/c1-27-16-8-9-17(20(11-16)28-2)18-12-19(24-23-18)21(26)22-15(13-25)10-14-6-4-3-5-7-14/h3-9,11-12,15,25H,10,13H2,1-2H3,(H,22,26)(H,23,24). The van der Waals surface area contributed by atoms with Crippen LogP contribution >= 0.6 is 0 Å². The molecule has 0 saturated carbocycles. The number of nitrogens with one attached hydrogen (secondary N) is 2. The molecule has 28 heavy (non-hydrogen) atoms. The fourth-order valence-electron chi connectivity index (χ4n) is 2.91. The summed E-state index contributed by atoms with van der Waals surface area (Å²) in [6.45, 7) is -0.159. The van der Waals surface area contributed by atoms with E-state index >= 15 is 0 Å². The van der Waals surface area contributed by atoms with Crippen LogP contribution in [-0.4, -0.2) is 48.1 Å². The average Bonchev–Trinajstić information content (AvgIpc) is 3.23. The van der Waals surface area contributed by atoms with Gasteiger partial charge >= 0.3 is 0 Å². The van der Waals surface area contributed by atoms with E-state index in [1.807, 2.05) is 36.4 Å². The number of nitrogens with zero attached hydrogens (tertiary/aromatic N) is 1. The second-order valence-electron chi connectivity index (χ2n) is 6.28. The van der Waals surface area contributed by atoms with E-state index in [9.17, 15) is 9.90 Å². The van der Waals surface area contributed by atoms with Gasteiger partial charge in [0.1, 0.15) is 17.2 Å². The zero-order chi connectivity index (χ0) is 19.9. The molecule has 3 N–H and O–H groups in total. The van der Waals surface area contributed by atoms with Gasteiger partial charge in [-0.2, -0.15) is 5.10 Å². The molecule has 1 amide bonds. The van der Waals surface area contributed by atoms with Gasteiger partial charge in [0, 0.05) is 11.6 Å². The molecular weight excluding hydrogens is 358 g/mol. The number of carbonyl (C=O) groups excluding carboxylic acids is 1. The number of aliphatic hydroxyl groups is 1. The summed E-state index contributed by atoms with van der Waals surface area (Å²) in [6.07, 6.45) is 0.538. The molecule has 0 spiro atoms. The van der Waals surface area contributed by atoms with E-state index in [4.69, 9.17) is 9.47 Å². The number of hydrogen-bond acceptors (Lipinski definition) is 5. The van der Waals surface area contributed by atoms with E-state index < -0.39 is 6.04 Å². The van der Waals surface area contributed by atoms with Crippen LogP contribution in [-0.2, 0) is 6.42 Å². The topological polar surface area (TPSA) is 96.5 Å². The molecule has 1 unspecified atom stereocenters. The van der Waals surface area contributed by atoms with Crippen molar-refractivity contribution in [3.05, 3.63) is 65.9 Å². The van der Waals surface area contributed by atoms with Gasteiger partial charge in [0.05, 0.1) is 32.6 Å². The van der Waals surface area contributed by atoms with Crippen molar-refractivity contribution in [2.24, 2.45) is 0 Å². The number of aromatic nitrogens is 2. The van der Waals surface area contributed by atoms with Gasteiger partial charge in [-0.25, -0.2) is 0 Å². The van der Waals surface area contributed by atoms with Crippen LogP contribution in [0.3, 0.4) is 0 Å². The summed E-state index contributed by atoms with van der Waals surface area (Å²) in [5, 5.41) is 19.4. The Hall–Kier alpha value is -3.32. The number of amides is 1. The number of H-pyrrole nitrogens is 1. The highest BCUT2D eigenvalue weighted by Crippen LogP contribution is 2.32. The van der Waals surface area contributed by atoms with Crippen LogP contribution in [0.5, 0.6) is 11.5 Å². The highest BCUT2D eigenvalue weighted by atomic mass is 16.5. The first kappa shape index (κ1) is 19.4. The Morgan fingerprint density at radius 3 is 2.61 bits per heavy atom. The van der Waals surface area contributed by atoms with Gasteiger partial charge in [0.25, 0.3) is 5.91 Å². The van der Waals surface area contributed by atoms with Crippen molar-refractivity contribution in [3.8, 4) is 22.8 Å². The van der Waals surface area contributed by atoms with Crippen LogP contribution in [0, 0.1) is 0 Å². The molecule has 0 aliphatic heterocycles. The van der Waals surface area contributed by atoms with Crippen LogP contribution < -0.4 is 14.8 Å². The van der Waals surface area contributed by atoms with Gasteiger partial charge < -0.3 is 19.9 Å². The molecule has 7 heteroatoms. The van der Waals surface area contributed by atoms with Gasteiger partial charge in [-0.15, -0.1) is 0 Å². The number of carbonyl (C=O) groups is 1. The number of ether oxygens (including phenoxy) is 2. The fourth-order valence-corrected chi connectivity index (χ4v) is 2.91. The lowest BCUT2D eigenvalue weighted by Crippen LogP contribution is -2.39. The summed E-state index contributed by atoms with van der Waals surface area (Å²) >= 11 is 0. The Morgan fingerprint density at radius 1 is 1.14 bits per heavy atom. The largest absolute Gasteiger partial charge is 0.497 e. The van der Waals surface area contributed by atoms with Crippen molar-refractivity contribution in [1.82, 2.24) is 15.5 Å². The number of rotatable bonds is 8. The SMILES string of the molecule is COc1ccc(-c2cc(C(=O)NC(CO)Cc3ccccc3)[nH]n2)c(OC)c1. The van der Waals surface area contributed by atoms with Gasteiger partial charge in [0.15, 0.2) is 0 Å². The smallest absolute Gasteiger partial charge is 0.269 e. The molecule has 146 valence electrons. The van der Waals surface area contributed by atoms with E-state index in [-0.39, 0.29) is 12.5 Å². The minimum absolute atomic E-state index is 0.159. The number of benzene rings is 2. The maximum atomic E-state index is 12.6. The summed E-state index contributed by atoms with van der Waals surface area (Å²) < 4.78 is 10.6. The zero-order valence-corrected chi connectivity index (χ0v) is 15.8. The van der Waals surface area contributed by atoms with Crippen molar-refractivity contribution in [1.29, 1.82) is 0 Å². The molecule has 0 radical (unpaired) electrons. The summed E-state index contributed by atoms with van der Waals surface area (Å²) in [7, 11) is 3.15. The summed E-state index contributed by atoms with van der Waals surface area (Å²) in [5.41, 5.74) is 2.66. The molecule has 1 atom stereocenters. The molecule has 0 aliphatic carbocycles. The Morgan fingerprint density at radius 2 is 1.93 bits per heavy atom. The minimum Gasteiger partial charge on any atom is -0.497 e. The Bertz CT molecular complexity index is 924. The first-order chi connectivity index (χ1) is 13.6. The number of aliphatic hydroxyl groups excluding tert-OH is 1. The van der Waals surface area contributed by atoms with Gasteiger partial charge in [-0.3, -0.25) is 9.89 Å². The fraction of sp³-hybridized carbons (Fsp3) is 0.238. The van der Waals surface area contributed by atoms with E-state index in [1.165, 1.54) is 0 Å². The Labute approximate surface area is 163 Å². The molecule has 1 heterocycles. The number of methoxy groups -OCH3 is 2. The average molecular weight is 381 g/mol. The molecule has 0 fully saturated rings. The predicted octanol–water partition coefficient (Wildman–Crippen LogP) is 2.43. The highest BCUT2D eigenvalue weighted by molar-refractivity contribution is 5.93. The molecule has 0 bridgehead atoms. The third kappa shape index (κ3) is 4.50. The van der Waals surface area contributed by atoms with Crippen molar-refractivity contribution in [2.75, 3.05) is 20.8 Å². The third-order valence-corrected chi connectivity index (χ3v) is 4.39. The molecule has 1 aromatic heterocycles. The molecule has 0 aliphatic rings. The van der Waals surface area contributed by atoms with Crippen molar-refractivity contribution in [3.63, 3.8) is 0 Å². The number of aromatic amines is 1. The van der Waals surface area contributed by atoms with E-state index in [0.29, 0.717) is 29.3 Å². The lowest BCUT2D eigenvalue weighted by atomic mass is 10.1. The second kappa shape index (κ2) is 9.05. The molecule has 3 aromatic rings. The first-order valence-corrected chi connectivity index (χ1v) is 8.88. The van der Waals surface area contributed by atoms with Gasteiger partial charge in [-0.1, -0.05) is 30.3 Å². The third-order valence-electron chi connectivity index (χ3n) is 4.39.